The number of hydrogen-bond donors (Lipinski definition) is 1. The lowest BCUT2D eigenvalue weighted by Crippen LogP contribution is -2.54. The second-order valence-electron chi connectivity index (χ2n) is 7.03. The summed E-state index contributed by atoms with van der Waals surface area (Å²) in [6, 6.07) is 8.96. The van der Waals surface area contributed by atoms with Crippen molar-refractivity contribution in [1.82, 2.24) is 9.80 Å². The van der Waals surface area contributed by atoms with E-state index in [9.17, 15) is 9.59 Å². The van der Waals surface area contributed by atoms with Gasteiger partial charge in [-0.3, -0.25) is 14.5 Å². The number of piperazine rings is 1. The predicted molar refractivity (Wildman–Crippen MR) is 98.7 cm³/mol. The topological polar surface area (TPSA) is 40.6 Å². The number of hydrogen-bond acceptors (Lipinski definition) is 4. The van der Waals surface area contributed by atoms with Crippen LogP contribution in [0.25, 0.3) is 0 Å². The zero-order valence-corrected chi connectivity index (χ0v) is 15.0. The molecule has 2 bridgehead atoms. The summed E-state index contributed by atoms with van der Waals surface area (Å²) in [5, 5.41) is -0.0130. The van der Waals surface area contributed by atoms with E-state index in [1.807, 2.05) is 12.1 Å². The highest BCUT2D eigenvalue weighted by molar-refractivity contribution is 7.96. The van der Waals surface area contributed by atoms with E-state index in [0.29, 0.717) is 18.6 Å². The number of nitrogens with zero attached hydrogens (tertiary/aromatic N) is 2. The Morgan fingerprint density at radius 1 is 1.12 bits per heavy atom. The van der Waals surface area contributed by atoms with Crippen LogP contribution in [0.15, 0.2) is 24.3 Å². The summed E-state index contributed by atoms with van der Waals surface area (Å²) in [7, 11) is 0. The average molecular weight is 346 g/mol. The SMILES string of the molecule is O=Cc1ccc(CCCCN2CC3CCC(C2)N3CC(=O)S)cc1. The molecule has 2 aliphatic heterocycles. The first-order chi connectivity index (χ1) is 11.7. The van der Waals surface area contributed by atoms with E-state index in [-0.39, 0.29) is 5.12 Å². The van der Waals surface area contributed by atoms with Crippen molar-refractivity contribution in [1.29, 1.82) is 0 Å². The highest BCUT2D eigenvalue weighted by Crippen LogP contribution is 2.30. The fourth-order valence-electron chi connectivity index (χ4n) is 4.10. The maximum Gasteiger partial charge on any atom is 0.199 e. The molecule has 4 nitrogen and oxygen atoms in total. The van der Waals surface area contributed by atoms with E-state index in [1.54, 1.807) is 0 Å². The number of carbonyl (C=O) groups is 2. The first kappa shape index (κ1) is 17.6. The summed E-state index contributed by atoms with van der Waals surface area (Å²) in [6.07, 6.45) is 6.75. The van der Waals surface area contributed by atoms with E-state index in [4.69, 9.17) is 0 Å². The lowest BCUT2D eigenvalue weighted by atomic mass is 10.1. The molecule has 2 aliphatic rings. The Morgan fingerprint density at radius 3 is 2.38 bits per heavy atom. The number of rotatable bonds is 8. The van der Waals surface area contributed by atoms with Gasteiger partial charge >= 0.3 is 0 Å². The number of aryl methyl sites for hydroxylation is 1. The molecule has 2 heterocycles. The minimum atomic E-state index is -0.0130. The largest absolute Gasteiger partial charge is 0.300 e. The van der Waals surface area contributed by atoms with Crippen LogP contribution in [0, 0.1) is 0 Å². The van der Waals surface area contributed by atoms with Crippen molar-refractivity contribution in [2.75, 3.05) is 26.2 Å². The van der Waals surface area contributed by atoms with Gasteiger partial charge in [0.2, 0.25) is 0 Å². The van der Waals surface area contributed by atoms with Gasteiger partial charge in [0.15, 0.2) is 5.12 Å². The van der Waals surface area contributed by atoms with Gasteiger partial charge in [-0.25, -0.2) is 0 Å². The molecular weight excluding hydrogens is 320 g/mol. The average Bonchev–Trinajstić information content (AvgIpc) is 2.81. The predicted octanol–water partition coefficient (Wildman–Crippen LogP) is 2.43. The van der Waals surface area contributed by atoms with Crippen LogP contribution in [0.5, 0.6) is 0 Å². The molecule has 5 heteroatoms. The van der Waals surface area contributed by atoms with Gasteiger partial charge in [0.25, 0.3) is 0 Å². The molecule has 0 spiro atoms. The molecule has 1 aromatic carbocycles. The Hall–Kier alpha value is -1.17. The molecule has 0 aromatic heterocycles. The number of benzene rings is 1. The maximum atomic E-state index is 11.3. The Morgan fingerprint density at radius 2 is 1.79 bits per heavy atom. The zero-order chi connectivity index (χ0) is 16.9. The van der Waals surface area contributed by atoms with Crippen LogP contribution >= 0.6 is 12.6 Å². The van der Waals surface area contributed by atoms with E-state index >= 15 is 0 Å². The van der Waals surface area contributed by atoms with Crippen molar-refractivity contribution in [2.45, 2.75) is 44.2 Å². The van der Waals surface area contributed by atoms with Crippen molar-refractivity contribution < 1.29 is 9.59 Å². The zero-order valence-electron chi connectivity index (χ0n) is 14.1. The van der Waals surface area contributed by atoms with Crippen LogP contribution in [0.2, 0.25) is 0 Å². The van der Waals surface area contributed by atoms with Crippen LogP contribution in [0.1, 0.15) is 41.6 Å². The maximum absolute atomic E-state index is 11.3. The molecule has 0 amide bonds. The summed E-state index contributed by atoms with van der Waals surface area (Å²) in [5.41, 5.74) is 2.05. The smallest absolute Gasteiger partial charge is 0.199 e. The van der Waals surface area contributed by atoms with E-state index in [2.05, 4.69) is 34.6 Å². The van der Waals surface area contributed by atoms with Crippen molar-refractivity contribution in [2.24, 2.45) is 0 Å². The summed E-state index contributed by atoms with van der Waals surface area (Å²) in [4.78, 5) is 26.9. The molecule has 0 aliphatic carbocycles. The van der Waals surface area contributed by atoms with E-state index < -0.39 is 0 Å². The number of unbranched alkanes of at least 4 members (excludes halogenated alkanes) is 1. The second kappa shape index (κ2) is 8.28. The summed E-state index contributed by atoms with van der Waals surface area (Å²) < 4.78 is 0. The van der Waals surface area contributed by atoms with Gasteiger partial charge in [-0.15, -0.1) is 12.6 Å². The van der Waals surface area contributed by atoms with Crippen LogP contribution in [-0.4, -0.2) is 59.5 Å². The van der Waals surface area contributed by atoms with Gasteiger partial charge in [0.05, 0.1) is 6.54 Å². The Bertz CT molecular complexity index is 561. The highest BCUT2D eigenvalue weighted by Gasteiger charge is 2.39. The molecule has 0 saturated carbocycles. The second-order valence-corrected chi connectivity index (χ2v) is 7.53. The van der Waals surface area contributed by atoms with E-state index in [1.165, 1.54) is 31.2 Å². The first-order valence-corrected chi connectivity index (χ1v) is 9.34. The number of carbonyl (C=O) groups excluding carboxylic acids is 2. The minimum Gasteiger partial charge on any atom is -0.300 e. The molecule has 2 saturated heterocycles. The lowest BCUT2D eigenvalue weighted by molar-refractivity contribution is -0.113. The molecular formula is C19H26N2O2S. The third kappa shape index (κ3) is 4.47. The quantitative estimate of drug-likeness (QED) is 0.446. The van der Waals surface area contributed by atoms with Crippen LogP contribution in [0.4, 0.5) is 0 Å². The number of likely N-dealkylation sites (tertiary alicyclic amines) is 1. The van der Waals surface area contributed by atoms with Gasteiger partial charge in [-0.1, -0.05) is 24.3 Å². The summed E-state index contributed by atoms with van der Waals surface area (Å²) in [5.74, 6) is 0. The minimum absolute atomic E-state index is 0.0130. The number of aldehydes is 1. The molecule has 2 atom stereocenters. The molecule has 2 unspecified atom stereocenters. The molecule has 130 valence electrons. The Labute approximate surface area is 149 Å². The Balaban J connectivity index is 1.39. The summed E-state index contributed by atoms with van der Waals surface area (Å²) >= 11 is 3.94. The lowest BCUT2D eigenvalue weighted by Gasteiger charge is -2.40. The summed E-state index contributed by atoms with van der Waals surface area (Å²) in [6.45, 7) is 3.82. The highest BCUT2D eigenvalue weighted by atomic mass is 32.1. The van der Waals surface area contributed by atoms with Crippen LogP contribution in [-0.2, 0) is 11.2 Å². The van der Waals surface area contributed by atoms with Crippen molar-refractivity contribution in [3.05, 3.63) is 35.4 Å². The van der Waals surface area contributed by atoms with Crippen molar-refractivity contribution >= 4 is 24.0 Å². The molecule has 2 fully saturated rings. The number of fused-ring (bicyclic) bond motifs is 2. The fraction of sp³-hybridized carbons (Fsp3) is 0.579. The third-order valence-corrected chi connectivity index (χ3v) is 5.47. The molecule has 0 radical (unpaired) electrons. The normalized spacial score (nSPS) is 24.2. The first-order valence-electron chi connectivity index (χ1n) is 8.89. The molecule has 3 rings (SSSR count). The van der Waals surface area contributed by atoms with Crippen molar-refractivity contribution in [3.8, 4) is 0 Å². The molecule has 24 heavy (non-hydrogen) atoms. The van der Waals surface area contributed by atoms with Gasteiger partial charge in [-0.2, -0.15) is 0 Å². The standard InChI is InChI=1S/C19H26N2O2S/c22-14-16-6-4-15(5-7-16)3-1-2-10-20-11-17-8-9-18(12-20)21(17)13-19(23)24/h4-7,14,17-18H,1-3,8-13H2,(H,23,24). The van der Waals surface area contributed by atoms with Crippen LogP contribution in [0.3, 0.4) is 0 Å². The van der Waals surface area contributed by atoms with Gasteiger partial charge in [-0.05, 0) is 44.2 Å². The van der Waals surface area contributed by atoms with E-state index in [0.717, 1.165) is 37.9 Å². The number of thiol groups is 1. The molecule has 1 aromatic rings. The van der Waals surface area contributed by atoms with Gasteiger partial charge in [0, 0.05) is 30.7 Å². The Kier molecular flexibility index (Phi) is 6.09. The van der Waals surface area contributed by atoms with Gasteiger partial charge < -0.3 is 4.90 Å². The monoisotopic (exact) mass is 346 g/mol. The van der Waals surface area contributed by atoms with Crippen molar-refractivity contribution in [3.63, 3.8) is 0 Å². The third-order valence-electron chi connectivity index (χ3n) is 5.33. The van der Waals surface area contributed by atoms with Crippen LogP contribution < -0.4 is 0 Å². The fourth-order valence-corrected chi connectivity index (χ4v) is 4.27. The molecule has 0 N–H and O–H groups in total. The van der Waals surface area contributed by atoms with Gasteiger partial charge in [0.1, 0.15) is 6.29 Å².